The molecular weight excluding hydrogens is 250 g/mol. The Morgan fingerprint density at radius 2 is 2.11 bits per heavy atom. The lowest BCUT2D eigenvalue weighted by Crippen LogP contribution is -2.23. The van der Waals surface area contributed by atoms with Gasteiger partial charge in [0, 0.05) is 18.3 Å². The maximum absolute atomic E-state index is 11.0. The molecule has 0 saturated heterocycles. The summed E-state index contributed by atoms with van der Waals surface area (Å²) < 4.78 is 0. The molecule has 7 heteroatoms. The van der Waals surface area contributed by atoms with Gasteiger partial charge in [0.2, 0.25) is 5.82 Å². The number of carboxylic acids is 1. The predicted molar refractivity (Wildman–Crippen MR) is 68.3 cm³/mol. The van der Waals surface area contributed by atoms with Crippen molar-refractivity contribution in [2.24, 2.45) is 0 Å². The van der Waals surface area contributed by atoms with Gasteiger partial charge in [-0.15, -0.1) is 0 Å². The van der Waals surface area contributed by atoms with E-state index < -0.39 is 10.9 Å². The molecule has 19 heavy (non-hydrogen) atoms. The number of hydrogen-bond donors (Lipinski definition) is 2. The van der Waals surface area contributed by atoms with Gasteiger partial charge in [-0.1, -0.05) is 19.3 Å². The number of hydrogen-bond acceptors (Lipinski definition) is 5. The fourth-order valence-corrected chi connectivity index (χ4v) is 2.26. The molecule has 1 fully saturated rings. The first kappa shape index (κ1) is 13.3. The Morgan fingerprint density at radius 3 is 2.68 bits per heavy atom. The van der Waals surface area contributed by atoms with Gasteiger partial charge in [0.15, 0.2) is 0 Å². The minimum atomic E-state index is -1.22. The van der Waals surface area contributed by atoms with Gasteiger partial charge in [0.25, 0.3) is 0 Å². The molecule has 0 unspecified atom stereocenters. The predicted octanol–water partition coefficient (Wildman–Crippen LogP) is 2.43. The van der Waals surface area contributed by atoms with Crippen molar-refractivity contribution in [3.05, 3.63) is 27.9 Å². The molecule has 0 amide bonds. The topological polar surface area (TPSA) is 105 Å². The van der Waals surface area contributed by atoms with Crippen LogP contribution in [0, 0.1) is 10.1 Å². The third kappa shape index (κ3) is 3.18. The zero-order chi connectivity index (χ0) is 13.8. The van der Waals surface area contributed by atoms with Crippen molar-refractivity contribution in [1.82, 2.24) is 4.98 Å². The standard InChI is InChI=1S/C12H15N3O4/c16-12(17)8-6-10(15(18)19)11(13-7-8)14-9-4-2-1-3-5-9/h6-7,9H,1-5H2,(H,13,14)(H,16,17). The van der Waals surface area contributed by atoms with Crippen molar-refractivity contribution < 1.29 is 14.8 Å². The highest BCUT2D eigenvalue weighted by atomic mass is 16.6. The number of carboxylic acid groups (broad SMARTS) is 1. The van der Waals surface area contributed by atoms with Crippen LogP contribution in [0.4, 0.5) is 11.5 Å². The van der Waals surface area contributed by atoms with Crippen LogP contribution in [-0.2, 0) is 0 Å². The van der Waals surface area contributed by atoms with E-state index in [1.54, 1.807) is 0 Å². The van der Waals surface area contributed by atoms with E-state index >= 15 is 0 Å². The fraction of sp³-hybridized carbons (Fsp3) is 0.500. The van der Waals surface area contributed by atoms with Gasteiger partial charge < -0.3 is 10.4 Å². The number of nitrogens with one attached hydrogen (secondary N) is 1. The number of aromatic nitrogens is 1. The molecule has 2 N–H and O–H groups in total. The average molecular weight is 265 g/mol. The lowest BCUT2D eigenvalue weighted by Gasteiger charge is -2.23. The maximum Gasteiger partial charge on any atom is 0.337 e. The van der Waals surface area contributed by atoms with Gasteiger partial charge in [-0.3, -0.25) is 10.1 Å². The van der Waals surface area contributed by atoms with Crippen molar-refractivity contribution in [2.45, 2.75) is 38.1 Å². The summed E-state index contributed by atoms with van der Waals surface area (Å²) in [5.41, 5.74) is -0.466. The van der Waals surface area contributed by atoms with Gasteiger partial charge in [-0.25, -0.2) is 9.78 Å². The molecular formula is C12H15N3O4. The summed E-state index contributed by atoms with van der Waals surface area (Å²) in [6.45, 7) is 0. The summed E-state index contributed by atoms with van der Waals surface area (Å²) in [5, 5.41) is 22.8. The number of pyridine rings is 1. The summed E-state index contributed by atoms with van der Waals surface area (Å²) in [7, 11) is 0. The Hall–Kier alpha value is -2.18. The average Bonchev–Trinajstić information content (AvgIpc) is 2.39. The van der Waals surface area contributed by atoms with E-state index in [1.165, 1.54) is 6.42 Å². The highest BCUT2D eigenvalue weighted by Gasteiger charge is 2.22. The first-order valence-corrected chi connectivity index (χ1v) is 6.22. The maximum atomic E-state index is 11.0. The molecule has 1 aromatic heterocycles. The van der Waals surface area contributed by atoms with E-state index in [9.17, 15) is 14.9 Å². The number of aromatic carboxylic acids is 1. The zero-order valence-electron chi connectivity index (χ0n) is 10.3. The minimum absolute atomic E-state index is 0.155. The quantitative estimate of drug-likeness (QED) is 0.639. The third-order valence-corrected chi connectivity index (χ3v) is 3.26. The second kappa shape index (κ2) is 5.64. The molecule has 1 aliphatic rings. The number of anilines is 1. The smallest absolute Gasteiger partial charge is 0.337 e. The Balaban J connectivity index is 2.23. The molecule has 1 heterocycles. The van der Waals surface area contributed by atoms with Crippen LogP contribution >= 0.6 is 0 Å². The minimum Gasteiger partial charge on any atom is -0.478 e. The van der Waals surface area contributed by atoms with Crippen LogP contribution in [0.15, 0.2) is 12.3 Å². The van der Waals surface area contributed by atoms with Crippen LogP contribution in [0.3, 0.4) is 0 Å². The van der Waals surface area contributed by atoms with Crippen LogP contribution in [0.25, 0.3) is 0 Å². The van der Waals surface area contributed by atoms with Gasteiger partial charge in [-0.2, -0.15) is 0 Å². The molecule has 1 saturated carbocycles. The van der Waals surface area contributed by atoms with Gasteiger partial charge in [-0.05, 0) is 12.8 Å². The Labute approximate surface area is 109 Å². The van der Waals surface area contributed by atoms with Crippen molar-refractivity contribution in [3.8, 4) is 0 Å². The lowest BCUT2D eigenvalue weighted by atomic mass is 9.95. The number of carbonyl (C=O) groups is 1. The van der Waals surface area contributed by atoms with Crippen molar-refractivity contribution in [2.75, 3.05) is 5.32 Å². The van der Waals surface area contributed by atoms with E-state index in [-0.39, 0.29) is 23.1 Å². The lowest BCUT2D eigenvalue weighted by molar-refractivity contribution is -0.384. The molecule has 2 rings (SSSR count). The van der Waals surface area contributed by atoms with Crippen molar-refractivity contribution in [3.63, 3.8) is 0 Å². The largest absolute Gasteiger partial charge is 0.478 e. The van der Waals surface area contributed by atoms with Crippen LogP contribution < -0.4 is 5.32 Å². The fourth-order valence-electron chi connectivity index (χ4n) is 2.26. The third-order valence-electron chi connectivity index (χ3n) is 3.26. The molecule has 0 aliphatic heterocycles. The van der Waals surface area contributed by atoms with Crippen LogP contribution in [0.2, 0.25) is 0 Å². The molecule has 102 valence electrons. The van der Waals surface area contributed by atoms with Gasteiger partial charge in [0.1, 0.15) is 0 Å². The van der Waals surface area contributed by atoms with E-state index in [2.05, 4.69) is 10.3 Å². The zero-order valence-corrected chi connectivity index (χ0v) is 10.3. The Kier molecular flexibility index (Phi) is 3.94. The van der Waals surface area contributed by atoms with E-state index in [1.807, 2.05) is 0 Å². The van der Waals surface area contributed by atoms with Crippen LogP contribution in [0.1, 0.15) is 42.5 Å². The number of rotatable bonds is 4. The molecule has 0 atom stereocenters. The SMILES string of the molecule is O=C(O)c1cnc(NC2CCCCC2)c([N+](=O)[O-])c1. The molecule has 1 aromatic rings. The monoisotopic (exact) mass is 265 g/mol. The second-order valence-corrected chi connectivity index (χ2v) is 4.63. The van der Waals surface area contributed by atoms with E-state index in [0.717, 1.165) is 37.9 Å². The second-order valence-electron chi connectivity index (χ2n) is 4.63. The molecule has 0 radical (unpaired) electrons. The van der Waals surface area contributed by atoms with Crippen LogP contribution in [0.5, 0.6) is 0 Å². The van der Waals surface area contributed by atoms with E-state index in [0.29, 0.717) is 0 Å². The Bertz CT molecular complexity index is 498. The van der Waals surface area contributed by atoms with Crippen LogP contribution in [-0.4, -0.2) is 27.0 Å². The van der Waals surface area contributed by atoms with Gasteiger partial charge in [0.05, 0.1) is 10.5 Å². The molecule has 0 bridgehead atoms. The first-order chi connectivity index (χ1) is 9.08. The summed E-state index contributed by atoms with van der Waals surface area (Å²) in [4.78, 5) is 25.0. The Morgan fingerprint density at radius 1 is 1.42 bits per heavy atom. The summed E-state index contributed by atoms with van der Waals surface area (Å²) in [6.07, 6.45) is 6.43. The van der Waals surface area contributed by atoms with Crippen molar-refractivity contribution >= 4 is 17.5 Å². The van der Waals surface area contributed by atoms with Crippen molar-refractivity contribution in [1.29, 1.82) is 0 Å². The summed E-state index contributed by atoms with van der Waals surface area (Å²) >= 11 is 0. The molecule has 7 nitrogen and oxygen atoms in total. The number of nitro groups is 1. The normalized spacial score (nSPS) is 16.0. The highest BCUT2D eigenvalue weighted by Crippen LogP contribution is 2.27. The summed E-state index contributed by atoms with van der Waals surface area (Å²) in [5.74, 6) is -1.07. The number of nitrogens with zero attached hydrogens (tertiary/aromatic N) is 2. The molecule has 1 aliphatic carbocycles. The van der Waals surface area contributed by atoms with Gasteiger partial charge >= 0.3 is 11.7 Å². The molecule has 0 aromatic carbocycles. The summed E-state index contributed by atoms with van der Waals surface area (Å²) in [6, 6.07) is 1.22. The first-order valence-electron chi connectivity index (χ1n) is 6.22. The molecule has 0 spiro atoms. The van der Waals surface area contributed by atoms with E-state index in [4.69, 9.17) is 5.11 Å². The highest BCUT2D eigenvalue weighted by molar-refractivity contribution is 5.88.